The Hall–Kier alpha value is -1.57. The van der Waals surface area contributed by atoms with Gasteiger partial charge in [-0.3, -0.25) is 4.79 Å². The number of para-hydroxylation sites is 1. The number of Topliss-reactive ketones (excluding diaryl/α,β-unsaturated/α-hetero) is 1. The first-order chi connectivity index (χ1) is 8.79. The largest absolute Gasteiger partial charge is 0.380 e. The van der Waals surface area contributed by atoms with Crippen molar-refractivity contribution in [1.82, 2.24) is 0 Å². The van der Waals surface area contributed by atoms with Crippen LogP contribution < -0.4 is 5.32 Å². The number of benzene rings is 1. The van der Waals surface area contributed by atoms with Gasteiger partial charge >= 0.3 is 0 Å². The number of carbonyl (C=O) groups excluding carboxylic acids is 1. The molecule has 2 nitrogen and oxygen atoms in total. The van der Waals surface area contributed by atoms with Crippen molar-refractivity contribution in [2.75, 3.05) is 5.32 Å². The fourth-order valence-corrected chi connectivity index (χ4v) is 2.58. The standard InChI is InChI=1S/C17H23NO/c1-11-10-15(19)16(12(11)2)13-8-6-7-9-14(13)18-17(3,4)5/h6-9,11,18H,10H2,1-5H3. The van der Waals surface area contributed by atoms with Crippen LogP contribution in [0.1, 0.15) is 46.6 Å². The van der Waals surface area contributed by atoms with Gasteiger partial charge in [0, 0.05) is 28.8 Å². The molecule has 19 heavy (non-hydrogen) atoms. The van der Waals surface area contributed by atoms with Crippen molar-refractivity contribution in [3.8, 4) is 0 Å². The van der Waals surface area contributed by atoms with Crippen LogP contribution in [0.4, 0.5) is 5.69 Å². The molecule has 1 unspecified atom stereocenters. The molecule has 1 aliphatic carbocycles. The van der Waals surface area contributed by atoms with Gasteiger partial charge in [0.2, 0.25) is 0 Å². The minimum atomic E-state index is -0.0160. The number of anilines is 1. The fourth-order valence-electron chi connectivity index (χ4n) is 2.58. The molecule has 0 saturated heterocycles. The molecule has 1 aliphatic rings. The van der Waals surface area contributed by atoms with Crippen LogP contribution in [0.2, 0.25) is 0 Å². The van der Waals surface area contributed by atoms with E-state index in [0.717, 1.165) is 16.8 Å². The van der Waals surface area contributed by atoms with Crippen molar-refractivity contribution < 1.29 is 4.79 Å². The molecule has 102 valence electrons. The van der Waals surface area contributed by atoms with Gasteiger partial charge in [0.1, 0.15) is 0 Å². The molecule has 1 aromatic carbocycles. The van der Waals surface area contributed by atoms with Gasteiger partial charge in [0.15, 0.2) is 5.78 Å². The third-order valence-corrected chi connectivity index (χ3v) is 3.61. The minimum absolute atomic E-state index is 0.0160. The first kappa shape index (κ1) is 13.9. The Bertz CT molecular complexity index is 534. The molecule has 0 amide bonds. The maximum Gasteiger partial charge on any atom is 0.164 e. The maximum absolute atomic E-state index is 12.2. The molecule has 0 spiro atoms. The van der Waals surface area contributed by atoms with Gasteiger partial charge in [0.25, 0.3) is 0 Å². The summed E-state index contributed by atoms with van der Waals surface area (Å²) >= 11 is 0. The lowest BCUT2D eigenvalue weighted by Crippen LogP contribution is -2.26. The van der Waals surface area contributed by atoms with Gasteiger partial charge in [-0.1, -0.05) is 30.7 Å². The van der Waals surface area contributed by atoms with Gasteiger partial charge in [-0.15, -0.1) is 0 Å². The maximum atomic E-state index is 12.2. The lowest BCUT2D eigenvalue weighted by molar-refractivity contribution is -0.113. The smallest absolute Gasteiger partial charge is 0.164 e. The molecule has 2 rings (SSSR count). The molecule has 2 heteroatoms. The summed E-state index contributed by atoms with van der Waals surface area (Å²) in [6, 6.07) is 8.11. The van der Waals surface area contributed by atoms with Crippen LogP contribution in [0.15, 0.2) is 29.8 Å². The molecule has 0 fully saturated rings. The van der Waals surface area contributed by atoms with E-state index in [9.17, 15) is 4.79 Å². The predicted octanol–water partition coefficient (Wildman–Crippen LogP) is 4.28. The third kappa shape index (κ3) is 2.89. The summed E-state index contributed by atoms with van der Waals surface area (Å²) in [6.07, 6.45) is 0.644. The molecule has 1 N–H and O–H groups in total. The number of hydrogen-bond donors (Lipinski definition) is 1. The average molecular weight is 257 g/mol. The predicted molar refractivity (Wildman–Crippen MR) is 81.2 cm³/mol. The van der Waals surface area contributed by atoms with E-state index in [2.05, 4.69) is 46.0 Å². The normalized spacial score (nSPS) is 20.1. The van der Waals surface area contributed by atoms with Crippen LogP contribution in [-0.2, 0) is 4.79 Å². The number of carbonyl (C=O) groups is 1. The van der Waals surface area contributed by atoms with E-state index in [-0.39, 0.29) is 11.3 Å². The molecule has 0 radical (unpaired) electrons. The van der Waals surface area contributed by atoms with Crippen molar-refractivity contribution >= 4 is 17.0 Å². The monoisotopic (exact) mass is 257 g/mol. The lowest BCUT2D eigenvalue weighted by Gasteiger charge is -2.24. The van der Waals surface area contributed by atoms with Crippen LogP contribution >= 0.6 is 0 Å². The highest BCUT2D eigenvalue weighted by Gasteiger charge is 2.29. The zero-order valence-electron chi connectivity index (χ0n) is 12.5. The van der Waals surface area contributed by atoms with E-state index in [1.807, 2.05) is 18.2 Å². The van der Waals surface area contributed by atoms with Crippen LogP contribution in [-0.4, -0.2) is 11.3 Å². The van der Waals surface area contributed by atoms with E-state index in [4.69, 9.17) is 0 Å². The number of nitrogens with one attached hydrogen (secondary N) is 1. The quantitative estimate of drug-likeness (QED) is 0.856. The second-order valence-electron chi connectivity index (χ2n) is 6.51. The molecule has 0 saturated carbocycles. The SMILES string of the molecule is CC1=C(c2ccccc2NC(C)(C)C)C(=O)CC1C. The summed E-state index contributed by atoms with van der Waals surface area (Å²) in [4.78, 5) is 12.2. The van der Waals surface area contributed by atoms with Crippen molar-refractivity contribution in [1.29, 1.82) is 0 Å². The molecular formula is C17H23NO. The minimum Gasteiger partial charge on any atom is -0.380 e. The second kappa shape index (κ2) is 4.84. The Morgan fingerprint density at radius 3 is 2.37 bits per heavy atom. The molecular weight excluding hydrogens is 234 g/mol. The summed E-state index contributed by atoms with van der Waals surface area (Å²) in [7, 11) is 0. The van der Waals surface area contributed by atoms with Crippen molar-refractivity contribution in [3.63, 3.8) is 0 Å². The third-order valence-electron chi connectivity index (χ3n) is 3.61. The Morgan fingerprint density at radius 1 is 1.21 bits per heavy atom. The van der Waals surface area contributed by atoms with Crippen molar-refractivity contribution in [2.45, 2.75) is 46.6 Å². The van der Waals surface area contributed by atoms with Gasteiger partial charge in [-0.25, -0.2) is 0 Å². The molecule has 0 heterocycles. The number of allylic oxidation sites excluding steroid dienone is 2. The molecule has 1 atom stereocenters. The van der Waals surface area contributed by atoms with Crippen LogP contribution in [0.25, 0.3) is 5.57 Å². The van der Waals surface area contributed by atoms with Crippen LogP contribution in [0, 0.1) is 5.92 Å². The van der Waals surface area contributed by atoms with E-state index < -0.39 is 0 Å². The summed E-state index contributed by atoms with van der Waals surface area (Å²) in [6.45, 7) is 10.6. The highest BCUT2D eigenvalue weighted by atomic mass is 16.1. The summed E-state index contributed by atoms with van der Waals surface area (Å²) in [5, 5.41) is 3.50. The molecule has 0 aliphatic heterocycles. The highest BCUT2D eigenvalue weighted by Crippen LogP contribution is 2.38. The van der Waals surface area contributed by atoms with Crippen LogP contribution in [0.5, 0.6) is 0 Å². The van der Waals surface area contributed by atoms with E-state index in [1.54, 1.807) is 0 Å². The Kier molecular flexibility index (Phi) is 3.53. The van der Waals surface area contributed by atoms with E-state index in [0.29, 0.717) is 12.3 Å². The van der Waals surface area contributed by atoms with Gasteiger partial charge in [-0.2, -0.15) is 0 Å². The van der Waals surface area contributed by atoms with Gasteiger partial charge in [0.05, 0.1) is 0 Å². The number of ketones is 1. The van der Waals surface area contributed by atoms with Gasteiger partial charge in [-0.05, 0) is 39.7 Å². The molecule has 1 aromatic rings. The lowest BCUT2D eigenvalue weighted by atomic mass is 9.97. The average Bonchev–Trinajstić information content (AvgIpc) is 2.52. The fraction of sp³-hybridized carbons (Fsp3) is 0.471. The summed E-state index contributed by atoms with van der Waals surface area (Å²) < 4.78 is 0. The number of hydrogen-bond acceptors (Lipinski definition) is 2. The Balaban J connectivity index is 2.49. The second-order valence-corrected chi connectivity index (χ2v) is 6.51. The Morgan fingerprint density at radius 2 is 1.84 bits per heavy atom. The zero-order valence-corrected chi connectivity index (χ0v) is 12.5. The summed E-state index contributed by atoms with van der Waals surface area (Å²) in [5.74, 6) is 0.637. The van der Waals surface area contributed by atoms with Crippen molar-refractivity contribution in [3.05, 3.63) is 35.4 Å². The van der Waals surface area contributed by atoms with Crippen molar-refractivity contribution in [2.24, 2.45) is 5.92 Å². The van der Waals surface area contributed by atoms with E-state index in [1.165, 1.54) is 5.57 Å². The summed E-state index contributed by atoms with van der Waals surface area (Å²) in [5.41, 5.74) is 4.21. The van der Waals surface area contributed by atoms with Crippen LogP contribution in [0.3, 0.4) is 0 Å². The first-order valence-corrected chi connectivity index (χ1v) is 6.91. The zero-order chi connectivity index (χ0) is 14.2. The topological polar surface area (TPSA) is 29.1 Å². The first-order valence-electron chi connectivity index (χ1n) is 6.91. The Labute approximate surface area is 115 Å². The van der Waals surface area contributed by atoms with E-state index >= 15 is 0 Å². The molecule has 0 bridgehead atoms. The number of rotatable bonds is 2. The highest BCUT2D eigenvalue weighted by molar-refractivity contribution is 6.25. The van der Waals surface area contributed by atoms with Gasteiger partial charge < -0.3 is 5.32 Å². The molecule has 0 aromatic heterocycles.